The van der Waals surface area contributed by atoms with Gasteiger partial charge in [-0.05, 0) is 30.7 Å². The van der Waals surface area contributed by atoms with Crippen molar-refractivity contribution in [3.63, 3.8) is 0 Å². The maximum absolute atomic E-state index is 12.4. The molecule has 0 aliphatic carbocycles. The summed E-state index contributed by atoms with van der Waals surface area (Å²) < 4.78 is 13.7. The van der Waals surface area contributed by atoms with Crippen molar-refractivity contribution < 1.29 is 18.8 Å². The third kappa shape index (κ3) is 14.2. The molecule has 1 heterocycles. The standard InChI is InChI=1S/C34H47ClN2O3S/c1-2-3-4-5-6-7-8-9-10-11-12-13-14-15-23-39-33-25-31(20-21-32(33)35)40-27-34(38)36-30-18-16-29(17-19-30)26-37-22-24-41-28-37/h16-22,24-25,28H,2-15,23,26-27H2,1H3/p+1. The molecule has 0 aliphatic heterocycles. The lowest BCUT2D eigenvalue weighted by molar-refractivity contribution is -0.683. The summed E-state index contributed by atoms with van der Waals surface area (Å²) in [5, 5.41) is 5.48. The Morgan fingerprint density at radius 1 is 0.829 bits per heavy atom. The van der Waals surface area contributed by atoms with Crippen molar-refractivity contribution >= 4 is 34.5 Å². The number of hydrogen-bond acceptors (Lipinski definition) is 4. The third-order valence-electron chi connectivity index (χ3n) is 7.16. The van der Waals surface area contributed by atoms with Gasteiger partial charge in [0.25, 0.3) is 5.91 Å². The van der Waals surface area contributed by atoms with E-state index in [4.69, 9.17) is 21.1 Å². The van der Waals surface area contributed by atoms with Crippen molar-refractivity contribution in [1.29, 1.82) is 0 Å². The van der Waals surface area contributed by atoms with E-state index in [-0.39, 0.29) is 12.5 Å². The predicted molar refractivity (Wildman–Crippen MR) is 171 cm³/mol. The van der Waals surface area contributed by atoms with Crippen molar-refractivity contribution in [3.8, 4) is 11.5 Å². The molecule has 0 saturated carbocycles. The lowest BCUT2D eigenvalue weighted by Crippen LogP contribution is -2.30. The second-order valence-electron chi connectivity index (χ2n) is 10.8. The highest BCUT2D eigenvalue weighted by atomic mass is 35.5. The van der Waals surface area contributed by atoms with Gasteiger partial charge in [0, 0.05) is 17.3 Å². The molecule has 0 radical (unpaired) electrons. The molecule has 7 heteroatoms. The van der Waals surface area contributed by atoms with Gasteiger partial charge < -0.3 is 14.8 Å². The Morgan fingerprint density at radius 3 is 2.07 bits per heavy atom. The number of carbonyl (C=O) groups is 1. The zero-order chi connectivity index (χ0) is 29.0. The van der Waals surface area contributed by atoms with E-state index in [9.17, 15) is 4.79 Å². The Bertz CT molecular complexity index is 1110. The molecule has 0 atom stereocenters. The Morgan fingerprint density at radius 2 is 1.46 bits per heavy atom. The van der Waals surface area contributed by atoms with Crippen LogP contribution in [0.2, 0.25) is 5.02 Å². The number of thiazole rings is 1. The van der Waals surface area contributed by atoms with Gasteiger partial charge in [0.05, 0.1) is 17.0 Å². The summed E-state index contributed by atoms with van der Waals surface area (Å²) in [4.78, 5) is 12.4. The van der Waals surface area contributed by atoms with Crippen molar-refractivity contribution in [3.05, 3.63) is 70.1 Å². The van der Waals surface area contributed by atoms with Crippen molar-refractivity contribution in [2.75, 3.05) is 18.5 Å². The minimum absolute atomic E-state index is 0.0907. The smallest absolute Gasteiger partial charge is 0.262 e. The number of aromatic nitrogens is 1. The second kappa shape index (κ2) is 20.3. The summed E-state index contributed by atoms with van der Waals surface area (Å²) in [6.45, 7) is 3.62. The molecular weight excluding hydrogens is 552 g/mol. The minimum atomic E-state index is -0.218. The first-order valence-electron chi connectivity index (χ1n) is 15.5. The van der Waals surface area contributed by atoms with Gasteiger partial charge in [-0.2, -0.15) is 4.57 Å². The van der Waals surface area contributed by atoms with Gasteiger partial charge in [-0.25, -0.2) is 0 Å². The topological polar surface area (TPSA) is 51.4 Å². The molecule has 3 aromatic rings. The Kier molecular flexibility index (Phi) is 16.3. The van der Waals surface area contributed by atoms with E-state index in [1.807, 2.05) is 35.8 Å². The SMILES string of the molecule is CCCCCCCCCCCCCCCCOc1cc(OCC(=O)Nc2ccc(C[n+]3ccsc3)cc2)ccc1Cl. The molecule has 5 nitrogen and oxygen atoms in total. The van der Waals surface area contributed by atoms with Crippen LogP contribution >= 0.6 is 22.9 Å². The van der Waals surface area contributed by atoms with E-state index in [2.05, 4.69) is 22.3 Å². The highest BCUT2D eigenvalue weighted by molar-refractivity contribution is 7.07. The molecule has 41 heavy (non-hydrogen) atoms. The first-order chi connectivity index (χ1) is 20.1. The van der Waals surface area contributed by atoms with Crippen LogP contribution in [0.25, 0.3) is 0 Å². The Balaban J connectivity index is 1.23. The fourth-order valence-corrected chi connectivity index (χ4v) is 5.53. The predicted octanol–water partition coefficient (Wildman–Crippen LogP) is 9.61. The number of carbonyl (C=O) groups excluding carboxylic acids is 1. The fraction of sp³-hybridized carbons (Fsp3) is 0.529. The summed E-state index contributed by atoms with van der Waals surface area (Å²) in [5.41, 5.74) is 3.98. The molecule has 1 aromatic heterocycles. The summed E-state index contributed by atoms with van der Waals surface area (Å²) in [7, 11) is 0. The normalized spacial score (nSPS) is 11.0. The highest BCUT2D eigenvalue weighted by Crippen LogP contribution is 2.29. The average molecular weight is 600 g/mol. The molecule has 0 aliphatic rings. The minimum Gasteiger partial charge on any atom is -0.492 e. The first kappa shape index (κ1) is 32.9. The van der Waals surface area contributed by atoms with Crippen LogP contribution in [0.1, 0.15) is 102 Å². The number of hydrogen-bond donors (Lipinski definition) is 1. The van der Waals surface area contributed by atoms with E-state index in [0.29, 0.717) is 23.1 Å². The van der Waals surface area contributed by atoms with E-state index in [1.54, 1.807) is 29.5 Å². The number of halogens is 1. The van der Waals surface area contributed by atoms with Crippen LogP contribution in [0, 0.1) is 0 Å². The average Bonchev–Trinajstić information content (AvgIpc) is 3.49. The molecule has 0 fully saturated rings. The zero-order valence-electron chi connectivity index (χ0n) is 24.8. The molecule has 0 unspecified atom stereocenters. The molecule has 2 aromatic carbocycles. The van der Waals surface area contributed by atoms with Gasteiger partial charge in [-0.3, -0.25) is 4.79 Å². The maximum atomic E-state index is 12.4. The molecule has 3 rings (SSSR count). The molecule has 1 N–H and O–H groups in total. The number of nitrogens with zero attached hydrogens (tertiary/aromatic N) is 1. The van der Waals surface area contributed by atoms with Crippen LogP contribution in [0.3, 0.4) is 0 Å². The van der Waals surface area contributed by atoms with Gasteiger partial charge in [0.2, 0.25) is 5.51 Å². The summed E-state index contributed by atoms with van der Waals surface area (Å²) in [6, 6.07) is 13.1. The summed E-state index contributed by atoms with van der Waals surface area (Å²) in [6.07, 6.45) is 20.7. The second-order valence-corrected chi connectivity index (χ2v) is 11.9. The first-order valence-corrected chi connectivity index (χ1v) is 16.8. The van der Waals surface area contributed by atoms with Crippen molar-refractivity contribution in [2.45, 2.75) is 103 Å². The highest BCUT2D eigenvalue weighted by Gasteiger charge is 2.09. The quantitative estimate of drug-likeness (QED) is 0.0923. The van der Waals surface area contributed by atoms with Gasteiger partial charge in [-0.1, -0.05) is 125 Å². The van der Waals surface area contributed by atoms with Gasteiger partial charge in [0.15, 0.2) is 19.3 Å². The Labute approximate surface area is 256 Å². The van der Waals surface area contributed by atoms with Crippen molar-refractivity contribution in [1.82, 2.24) is 0 Å². The number of rotatable bonds is 22. The third-order valence-corrected chi connectivity index (χ3v) is 8.14. The molecular formula is C34H48ClN2O3S+. The lowest BCUT2D eigenvalue weighted by Gasteiger charge is -2.11. The number of benzene rings is 2. The van der Waals surface area contributed by atoms with Crippen LogP contribution in [0.4, 0.5) is 5.69 Å². The van der Waals surface area contributed by atoms with Crippen LogP contribution in [-0.4, -0.2) is 19.1 Å². The van der Waals surface area contributed by atoms with Crippen LogP contribution < -0.4 is 19.4 Å². The fourth-order valence-electron chi connectivity index (χ4n) is 4.76. The number of amides is 1. The molecule has 0 spiro atoms. The number of anilines is 1. The van der Waals surface area contributed by atoms with Gasteiger partial charge in [0.1, 0.15) is 11.5 Å². The van der Waals surface area contributed by atoms with Gasteiger partial charge in [-0.15, -0.1) is 0 Å². The largest absolute Gasteiger partial charge is 0.492 e. The molecule has 224 valence electrons. The zero-order valence-corrected chi connectivity index (χ0v) is 26.3. The number of nitrogens with one attached hydrogen (secondary N) is 1. The van der Waals surface area contributed by atoms with Gasteiger partial charge >= 0.3 is 0 Å². The van der Waals surface area contributed by atoms with E-state index in [0.717, 1.165) is 18.7 Å². The number of ether oxygens (including phenoxy) is 2. The van der Waals surface area contributed by atoms with Crippen LogP contribution in [-0.2, 0) is 11.3 Å². The molecule has 0 saturated heterocycles. The monoisotopic (exact) mass is 599 g/mol. The maximum Gasteiger partial charge on any atom is 0.262 e. The molecule has 1 amide bonds. The number of unbranched alkanes of at least 4 members (excludes halogenated alkanes) is 13. The van der Waals surface area contributed by atoms with Crippen LogP contribution in [0.15, 0.2) is 59.6 Å². The lowest BCUT2D eigenvalue weighted by atomic mass is 10.0. The van der Waals surface area contributed by atoms with Crippen LogP contribution in [0.5, 0.6) is 11.5 Å². The van der Waals surface area contributed by atoms with E-state index in [1.165, 1.54) is 89.0 Å². The Hall–Kier alpha value is -2.57. The van der Waals surface area contributed by atoms with Crippen molar-refractivity contribution in [2.24, 2.45) is 0 Å². The summed E-state index contributed by atoms with van der Waals surface area (Å²) in [5.74, 6) is 0.937. The molecule has 0 bridgehead atoms. The van der Waals surface area contributed by atoms with E-state index < -0.39 is 0 Å². The van der Waals surface area contributed by atoms with E-state index >= 15 is 0 Å². The summed E-state index contributed by atoms with van der Waals surface area (Å²) >= 11 is 7.99.